The summed E-state index contributed by atoms with van der Waals surface area (Å²) in [5, 5.41) is 4.80. The van der Waals surface area contributed by atoms with Crippen LogP contribution in [0.4, 0.5) is 10.1 Å². The van der Waals surface area contributed by atoms with Gasteiger partial charge >= 0.3 is 0 Å². The Morgan fingerprint density at radius 3 is 2.45 bits per heavy atom. The van der Waals surface area contributed by atoms with E-state index in [1.807, 2.05) is 0 Å². The minimum absolute atomic E-state index is 0.0766. The molecule has 0 fully saturated rings. The second-order valence-corrected chi connectivity index (χ2v) is 7.33. The topological polar surface area (TPSA) is 116 Å². The average molecular weight is 326 g/mol. The molecule has 114 valence electrons. The van der Waals surface area contributed by atoms with Crippen molar-refractivity contribution in [3.05, 3.63) is 24.0 Å². The van der Waals surface area contributed by atoms with Crippen LogP contribution in [0, 0.1) is 5.82 Å². The van der Waals surface area contributed by atoms with Gasteiger partial charge in [0.2, 0.25) is 20.0 Å². The van der Waals surface area contributed by atoms with Gasteiger partial charge in [-0.15, -0.1) is 0 Å². The molecular formula is C10H15FN2O5S2. The van der Waals surface area contributed by atoms with Crippen molar-refractivity contribution in [2.75, 3.05) is 24.2 Å². The first-order chi connectivity index (χ1) is 9.15. The van der Waals surface area contributed by atoms with E-state index in [-0.39, 0.29) is 24.5 Å². The molecule has 7 nitrogen and oxygen atoms in total. The zero-order valence-electron chi connectivity index (χ0n) is 10.7. The predicted molar refractivity (Wildman–Crippen MR) is 71.7 cm³/mol. The van der Waals surface area contributed by atoms with Crippen LogP contribution in [0.25, 0.3) is 0 Å². The molecule has 20 heavy (non-hydrogen) atoms. The molecule has 0 aliphatic heterocycles. The number of benzene rings is 1. The maximum atomic E-state index is 13.5. The van der Waals surface area contributed by atoms with E-state index < -0.39 is 30.8 Å². The number of sulfonamides is 2. The fourth-order valence-electron chi connectivity index (χ4n) is 1.42. The fraction of sp³-hybridized carbons (Fsp3) is 0.400. The smallest absolute Gasteiger partial charge is 0.240 e. The Kier molecular flexibility index (Phi) is 5.45. The number of hydrogen-bond acceptors (Lipinski definition) is 5. The molecule has 1 aromatic carbocycles. The van der Waals surface area contributed by atoms with Crippen molar-refractivity contribution in [2.45, 2.75) is 11.3 Å². The molecule has 3 N–H and O–H groups in total. The highest BCUT2D eigenvalue weighted by Gasteiger charge is 2.16. The summed E-state index contributed by atoms with van der Waals surface area (Å²) in [4.78, 5) is -0.695. The molecule has 0 unspecified atom stereocenters. The van der Waals surface area contributed by atoms with Crippen LogP contribution < -0.4 is 9.86 Å². The third-order valence-electron chi connectivity index (χ3n) is 2.27. The molecule has 0 aromatic heterocycles. The van der Waals surface area contributed by atoms with Crippen LogP contribution in [-0.4, -0.2) is 36.3 Å². The van der Waals surface area contributed by atoms with E-state index >= 15 is 0 Å². The van der Waals surface area contributed by atoms with Crippen molar-refractivity contribution in [2.24, 2.45) is 5.14 Å². The summed E-state index contributed by atoms with van der Waals surface area (Å²) in [5.74, 6) is -1.32. The molecule has 0 heterocycles. The second-order valence-electron chi connectivity index (χ2n) is 3.96. The van der Waals surface area contributed by atoms with Gasteiger partial charge in [0.1, 0.15) is 10.7 Å². The standard InChI is InChI=1S/C10H15FN2O5S2/c1-18-5-2-6-19(14,15)13-8-3-4-10(9(11)7-8)20(12,16)17/h3-4,7,13H,2,5-6H2,1H3,(H2,12,16,17). The summed E-state index contributed by atoms with van der Waals surface area (Å²) in [6.45, 7) is 0.277. The SMILES string of the molecule is COCCCS(=O)(=O)Nc1ccc(S(N)(=O)=O)c(F)c1. The van der Waals surface area contributed by atoms with Gasteiger partial charge in [-0.05, 0) is 24.6 Å². The number of ether oxygens (including phenoxy) is 1. The van der Waals surface area contributed by atoms with E-state index in [0.29, 0.717) is 0 Å². The molecule has 0 spiro atoms. The first-order valence-electron chi connectivity index (χ1n) is 5.47. The number of nitrogens with one attached hydrogen (secondary N) is 1. The summed E-state index contributed by atoms with van der Waals surface area (Å²) in [6.07, 6.45) is 0.281. The van der Waals surface area contributed by atoms with E-state index in [0.717, 1.165) is 18.2 Å². The summed E-state index contributed by atoms with van der Waals surface area (Å²) in [5.41, 5.74) is -0.0766. The predicted octanol–water partition coefficient (Wildman–Crippen LogP) is 0.251. The third-order valence-corrected chi connectivity index (χ3v) is 4.59. The lowest BCUT2D eigenvalue weighted by molar-refractivity contribution is 0.199. The van der Waals surface area contributed by atoms with Gasteiger partial charge in [-0.2, -0.15) is 0 Å². The Bertz CT molecular complexity index is 673. The second kappa shape index (κ2) is 6.48. The summed E-state index contributed by atoms with van der Waals surface area (Å²) < 4.78 is 65.7. The lowest BCUT2D eigenvalue weighted by Crippen LogP contribution is -2.18. The van der Waals surface area contributed by atoms with Gasteiger partial charge in [0.05, 0.1) is 11.4 Å². The number of halogens is 1. The Hall–Kier alpha value is -1.23. The highest BCUT2D eigenvalue weighted by molar-refractivity contribution is 7.92. The Morgan fingerprint density at radius 2 is 1.95 bits per heavy atom. The van der Waals surface area contributed by atoms with Crippen molar-refractivity contribution < 1.29 is 26.0 Å². The summed E-state index contributed by atoms with van der Waals surface area (Å²) >= 11 is 0. The lowest BCUT2D eigenvalue weighted by Gasteiger charge is -2.09. The van der Waals surface area contributed by atoms with Crippen LogP contribution in [0.1, 0.15) is 6.42 Å². The van der Waals surface area contributed by atoms with Crippen LogP contribution in [0.5, 0.6) is 0 Å². The van der Waals surface area contributed by atoms with E-state index in [4.69, 9.17) is 9.88 Å². The van der Waals surface area contributed by atoms with E-state index in [1.54, 1.807) is 0 Å². The molecule has 0 saturated heterocycles. The molecule has 0 radical (unpaired) electrons. The number of nitrogens with two attached hydrogens (primary N) is 1. The Morgan fingerprint density at radius 1 is 1.30 bits per heavy atom. The highest BCUT2D eigenvalue weighted by atomic mass is 32.2. The maximum Gasteiger partial charge on any atom is 0.240 e. The molecule has 1 rings (SSSR count). The summed E-state index contributed by atoms with van der Waals surface area (Å²) in [7, 11) is -6.38. The van der Waals surface area contributed by atoms with Crippen molar-refractivity contribution in [3.8, 4) is 0 Å². The average Bonchev–Trinajstić information content (AvgIpc) is 2.26. The number of rotatable bonds is 7. The number of hydrogen-bond donors (Lipinski definition) is 2. The molecular weight excluding hydrogens is 311 g/mol. The van der Waals surface area contributed by atoms with E-state index in [1.165, 1.54) is 7.11 Å². The van der Waals surface area contributed by atoms with E-state index in [9.17, 15) is 21.2 Å². The van der Waals surface area contributed by atoms with Gasteiger partial charge in [-0.3, -0.25) is 4.72 Å². The zero-order valence-corrected chi connectivity index (χ0v) is 12.3. The van der Waals surface area contributed by atoms with Gasteiger partial charge in [-0.25, -0.2) is 26.4 Å². The normalized spacial score (nSPS) is 12.3. The van der Waals surface area contributed by atoms with Crippen molar-refractivity contribution in [1.82, 2.24) is 0 Å². The molecule has 0 bridgehead atoms. The molecule has 0 amide bonds. The van der Waals surface area contributed by atoms with Gasteiger partial charge in [0.25, 0.3) is 0 Å². The highest BCUT2D eigenvalue weighted by Crippen LogP contribution is 2.18. The van der Waals surface area contributed by atoms with Crippen molar-refractivity contribution >= 4 is 25.7 Å². The van der Waals surface area contributed by atoms with Gasteiger partial charge < -0.3 is 4.74 Å². The van der Waals surface area contributed by atoms with Crippen LogP contribution in [0.15, 0.2) is 23.1 Å². The largest absolute Gasteiger partial charge is 0.385 e. The van der Waals surface area contributed by atoms with Crippen LogP contribution in [0.2, 0.25) is 0 Å². The Balaban J connectivity index is 2.87. The first-order valence-corrected chi connectivity index (χ1v) is 8.67. The zero-order chi connectivity index (χ0) is 15.4. The molecule has 0 saturated carbocycles. The Labute approximate surface area is 117 Å². The van der Waals surface area contributed by atoms with Crippen LogP contribution in [-0.2, 0) is 24.8 Å². The van der Waals surface area contributed by atoms with Crippen LogP contribution >= 0.6 is 0 Å². The number of anilines is 1. The van der Waals surface area contributed by atoms with Crippen LogP contribution in [0.3, 0.4) is 0 Å². The minimum atomic E-state index is -4.18. The van der Waals surface area contributed by atoms with Crippen molar-refractivity contribution in [1.29, 1.82) is 0 Å². The summed E-state index contributed by atoms with van der Waals surface area (Å²) in [6, 6.07) is 2.78. The quantitative estimate of drug-likeness (QED) is 0.697. The lowest BCUT2D eigenvalue weighted by atomic mass is 10.3. The molecule has 0 aliphatic carbocycles. The molecule has 0 atom stereocenters. The van der Waals surface area contributed by atoms with Gasteiger partial charge in [-0.1, -0.05) is 0 Å². The fourth-order valence-corrected chi connectivity index (χ4v) is 3.09. The molecule has 1 aromatic rings. The first kappa shape index (κ1) is 16.8. The third kappa shape index (κ3) is 5.04. The molecule has 10 heteroatoms. The maximum absolute atomic E-state index is 13.5. The minimum Gasteiger partial charge on any atom is -0.385 e. The monoisotopic (exact) mass is 326 g/mol. The van der Waals surface area contributed by atoms with Gasteiger partial charge in [0, 0.05) is 13.7 Å². The van der Waals surface area contributed by atoms with Gasteiger partial charge in [0.15, 0.2) is 0 Å². The number of primary sulfonamides is 1. The van der Waals surface area contributed by atoms with Crippen molar-refractivity contribution in [3.63, 3.8) is 0 Å². The number of methoxy groups -OCH3 is 1. The molecule has 0 aliphatic rings. The van der Waals surface area contributed by atoms with E-state index in [2.05, 4.69) is 4.72 Å².